The molecule has 0 bridgehead atoms. The zero-order valence-corrected chi connectivity index (χ0v) is 10.7. The average molecular weight is 236 g/mol. The second kappa shape index (κ2) is 4.94. The first kappa shape index (κ1) is 12.2. The van der Waals surface area contributed by atoms with E-state index >= 15 is 0 Å². The van der Waals surface area contributed by atoms with Crippen LogP contribution in [0, 0.1) is 0 Å². The van der Waals surface area contributed by atoms with Crippen molar-refractivity contribution in [3.8, 4) is 11.5 Å². The molecule has 0 atom stereocenters. The first-order valence-electron chi connectivity index (χ1n) is 5.85. The van der Waals surface area contributed by atoms with Crippen LogP contribution in [-0.2, 0) is 19.5 Å². The maximum Gasteiger partial charge on any atom is 0.127 e. The number of benzene rings is 1. The lowest BCUT2D eigenvalue weighted by Crippen LogP contribution is -2.27. The minimum absolute atomic E-state index is 0.475. The number of hydrogen-bond acceptors (Lipinski definition) is 4. The monoisotopic (exact) mass is 236 g/mol. The molecule has 17 heavy (non-hydrogen) atoms. The summed E-state index contributed by atoms with van der Waals surface area (Å²) < 4.78 is 11.0. The molecule has 0 amide bonds. The fourth-order valence-electron chi connectivity index (χ4n) is 2.47. The third-order valence-electron chi connectivity index (χ3n) is 3.35. The summed E-state index contributed by atoms with van der Waals surface area (Å²) >= 11 is 0. The van der Waals surface area contributed by atoms with Crippen LogP contribution in [0.15, 0.2) is 6.07 Å². The van der Waals surface area contributed by atoms with Gasteiger partial charge in [-0.2, -0.15) is 0 Å². The quantitative estimate of drug-likeness (QED) is 0.855. The Morgan fingerprint density at radius 3 is 2.65 bits per heavy atom. The highest BCUT2D eigenvalue weighted by molar-refractivity contribution is 5.54. The first-order chi connectivity index (χ1) is 8.21. The van der Waals surface area contributed by atoms with Gasteiger partial charge in [0.25, 0.3) is 0 Å². The summed E-state index contributed by atoms with van der Waals surface area (Å²) in [6.45, 7) is 2.42. The molecule has 1 aliphatic heterocycles. The van der Waals surface area contributed by atoms with Crippen LogP contribution < -0.4 is 15.2 Å². The SMILES string of the molecule is COc1cc(CN)c(OC)c2c1CN(C)CC2. The zero-order chi connectivity index (χ0) is 12.4. The van der Waals surface area contributed by atoms with Crippen molar-refractivity contribution in [3.05, 3.63) is 22.8 Å². The molecule has 0 aromatic heterocycles. The van der Waals surface area contributed by atoms with Crippen molar-refractivity contribution in [3.63, 3.8) is 0 Å². The van der Waals surface area contributed by atoms with Gasteiger partial charge in [-0.25, -0.2) is 0 Å². The third-order valence-corrected chi connectivity index (χ3v) is 3.35. The van der Waals surface area contributed by atoms with Gasteiger partial charge in [0.1, 0.15) is 11.5 Å². The standard InChI is InChI=1S/C13H20N2O2/c1-15-5-4-10-11(8-15)12(16-2)6-9(7-14)13(10)17-3/h6H,4-5,7-8,14H2,1-3H3. The van der Waals surface area contributed by atoms with Crippen LogP contribution in [0.2, 0.25) is 0 Å². The van der Waals surface area contributed by atoms with Gasteiger partial charge in [0, 0.05) is 36.3 Å². The van der Waals surface area contributed by atoms with Gasteiger partial charge in [0.15, 0.2) is 0 Å². The maximum absolute atomic E-state index is 5.76. The van der Waals surface area contributed by atoms with Crippen LogP contribution in [0.25, 0.3) is 0 Å². The molecule has 2 rings (SSSR count). The number of nitrogens with zero attached hydrogens (tertiary/aromatic N) is 1. The molecule has 1 aliphatic rings. The van der Waals surface area contributed by atoms with E-state index in [1.165, 1.54) is 11.1 Å². The lowest BCUT2D eigenvalue weighted by Gasteiger charge is -2.29. The molecule has 1 aromatic carbocycles. The van der Waals surface area contributed by atoms with E-state index < -0.39 is 0 Å². The first-order valence-corrected chi connectivity index (χ1v) is 5.85. The number of fused-ring (bicyclic) bond motifs is 1. The Morgan fingerprint density at radius 1 is 1.29 bits per heavy atom. The maximum atomic E-state index is 5.76. The van der Waals surface area contributed by atoms with Crippen LogP contribution in [0.3, 0.4) is 0 Å². The lowest BCUT2D eigenvalue weighted by molar-refractivity contribution is 0.294. The highest BCUT2D eigenvalue weighted by Crippen LogP contribution is 2.37. The van der Waals surface area contributed by atoms with Gasteiger partial charge in [-0.15, -0.1) is 0 Å². The van der Waals surface area contributed by atoms with E-state index in [-0.39, 0.29) is 0 Å². The smallest absolute Gasteiger partial charge is 0.127 e. The topological polar surface area (TPSA) is 47.7 Å². The molecular formula is C13H20N2O2. The number of methoxy groups -OCH3 is 2. The molecule has 1 aromatic rings. The van der Waals surface area contributed by atoms with Gasteiger partial charge in [-0.1, -0.05) is 0 Å². The summed E-state index contributed by atoms with van der Waals surface area (Å²) in [5.41, 5.74) is 9.27. The summed E-state index contributed by atoms with van der Waals surface area (Å²) in [4.78, 5) is 2.28. The number of ether oxygens (including phenoxy) is 2. The van der Waals surface area contributed by atoms with Gasteiger partial charge in [-0.05, 0) is 19.5 Å². The minimum atomic E-state index is 0.475. The van der Waals surface area contributed by atoms with Crippen LogP contribution >= 0.6 is 0 Å². The summed E-state index contributed by atoms with van der Waals surface area (Å²) in [6.07, 6.45) is 0.985. The predicted molar refractivity (Wildman–Crippen MR) is 67.5 cm³/mol. The van der Waals surface area contributed by atoms with E-state index in [2.05, 4.69) is 11.9 Å². The van der Waals surface area contributed by atoms with Crippen molar-refractivity contribution >= 4 is 0 Å². The Labute approximate surface area is 102 Å². The number of rotatable bonds is 3. The van der Waals surface area contributed by atoms with Crippen molar-refractivity contribution < 1.29 is 9.47 Å². The third kappa shape index (κ3) is 2.10. The van der Waals surface area contributed by atoms with E-state index in [0.717, 1.165) is 36.6 Å². The Kier molecular flexibility index (Phi) is 3.54. The second-order valence-electron chi connectivity index (χ2n) is 4.42. The van der Waals surface area contributed by atoms with Crippen molar-refractivity contribution in [1.82, 2.24) is 4.90 Å². The van der Waals surface area contributed by atoms with Crippen LogP contribution in [0.5, 0.6) is 11.5 Å². The van der Waals surface area contributed by atoms with Crippen LogP contribution in [0.1, 0.15) is 16.7 Å². The Balaban J connectivity index is 2.58. The average Bonchev–Trinajstić information content (AvgIpc) is 2.36. The van der Waals surface area contributed by atoms with Crippen LogP contribution in [0.4, 0.5) is 0 Å². The van der Waals surface area contributed by atoms with Gasteiger partial charge < -0.3 is 20.1 Å². The molecular weight excluding hydrogens is 216 g/mol. The number of nitrogens with two attached hydrogens (primary N) is 1. The Morgan fingerprint density at radius 2 is 2.06 bits per heavy atom. The predicted octanol–water partition coefficient (Wildman–Crippen LogP) is 1.15. The molecule has 4 heteroatoms. The van der Waals surface area contributed by atoms with Crippen LogP contribution in [-0.4, -0.2) is 32.7 Å². The van der Waals surface area contributed by atoms with E-state index in [1.807, 2.05) is 6.07 Å². The summed E-state index contributed by atoms with van der Waals surface area (Å²) in [6, 6.07) is 2.00. The van der Waals surface area contributed by atoms with Gasteiger partial charge in [0.05, 0.1) is 14.2 Å². The molecule has 0 aliphatic carbocycles. The highest BCUT2D eigenvalue weighted by atomic mass is 16.5. The van der Waals surface area contributed by atoms with Crippen molar-refractivity contribution in [1.29, 1.82) is 0 Å². The Bertz CT molecular complexity index is 418. The van der Waals surface area contributed by atoms with Gasteiger partial charge in [0.2, 0.25) is 0 Å². The van der Waals surface area contributed by atoms with Crippen molar-refractivity contribution in [2.24, 2.45) is 5.73 Å². The number of hydrogen-bond donors (Lipinski definition) is 1. The van der Waals surface area contributed by atoms with Crippen molar-refractivity contribution in [2.75, 3.05) is 27.8 Å². The van der Waals surface area contributed by atoms with Gasteiger partial charge >= 0.3 is 0 Å². The van der Waals surface area contributed by atoms with Crippen molar-refractivity contribution in [2.45, 2.75) is 19.5 Å². The van der Waals surface area contributed by atoms with E-state index in [1.54, 1.807) is 14.2 Å². The van der Waals surface area contributed by atoms with Gasteiger partial charge in [-0.3, -0.25) is 0 Å². The van der Waals surface area contributed by atoms with E-state index in [9.17, 15) is 0 Å². The summed E-state index contributed by atoms with van der Waals surface area (Å²) in [7, 11) is 5.53. The molecule has 4 nitrogen and oxygen atoms in total. The fourth-order valence-corrected chi connectivity index (χ4v) is 2.47. The molecule has 0 fully saturated rings. The molecule has 0 saturated heterocycles. The molecule has 94 valence electrons. The largest absolute Gasteiger partial charge is 0.496 e. The molecule has 1 heterocycles. The molecule has 0 unspecified atom stereocenters. The summed E-state index contributed by atoms with van der Waals surface area (Å²) in [5, 5.41) is 0. The molecule has 0 radical (unpaired) electrons. The van der Waals surface area contributed by atoms with E-state index in [4.69, 9.17) is 15.2 Å². The highest BCUT2D eigenvalue weighted by Gasteiger charge is 2.23. The lowest BCUT2D eigenvalue weighted by atomic mass is 9.94. The molecule has 0 saturated carbocycles. The molecule has 2 N–H and O–H groups in total. The number of likely N-dealkylation sites (N-methyl/N-ethyl adjacent to an activating group) is 1. The second-order valence-corrected chi connectivity index (χ2v) is 4.42. The zero-order valence-electron chi connectivity index (χ0n) is 10.7. The normalized spacial score (nSPS) is 15.5. The van der Waals surface area contributed by atoms with E-state index in [0.29, 0.717) is 6.54 Å². The Hall–Kier alpha value is -1.26. The summed E-state index contributed by atoms with van der Waals surface area (Å²) in [5.74, 6) is 1.86. The fraction of sp³-hybridized carbons (Fsp3) is 0.538. The minimum Gasteiger partial charge on any atom is -0.496 e. The molecule has 0 spiro atoms.